The summed E-state index contributed by atoms with van der Waals surface area (Å²) in [6.45, 7) is 5.46. The summed E-state index contributed by atoms with van der Waals surface area (Å²) in [5, 5.41) is 21.3. The normalized spacial score (nSPS) is 11.4. The molecule has 0 spiro atoms. The van der Waals surface area contributed by atoms with Gasteiger partial charge >= 0.3 is 0 Å². The fourth-order valence-electron chi connectivity index (χ4n) is 1.22. The van der Waals surface area contributed by atoms with Crippen molar-refractivity contribution in [3.8, 4) is 5.88 Å². The molecule has 0 fully saturated rings. The minimum atomic E-state index is -0.850. The van der Waals surface area contributed by atoms with Crippen LogP contribution in [0.5, 0.6) is 5.88 Å². The SMILES string of the molecule is CCOc1cc(C)nc(NC(C)(CO)CO)n1. The average Bonchev–Trinajstić information content (AvgIpc) is 2.28. The number of hydrogen-bond acceptors (Lipinski definition) is 6. The van der Waals surface area contributed by atoms with E-state index in [2.05, 4.69) is 15.3 Å². The van der Waals surface area contributed by atoms with Crippen LogP contribution in [0.2, 0.25) is 0 Å². The third-order valence-electron chi connectivity index (χ3n) is 2.23. The summed E-state index contributed by atoms with van der Waals surface area (Å²) in [4.78, 5) is 8.31. The molecular weight excluding hydrogens is 222 g/mol. The van der Waals surface area contributed by atoms with E-state index in [9.17, 15) is 10.2 Å². The topological polar surface area (TPSA) is 87.5 Å². The van der Waals surface area contributed by atoms with Gasteiger partial charge in [-0.25, -0.2) is 4.98 Å². The number of aliphatic hydroxyl groups excluding tert-OH is 2. The third kappa shape index (κ3) is 3.83. The van der Waals surface area contributed by atoms with E-state index in [1.807, 2.05) is 13.8 Å². The quantitative estimate of drug-likeness (QED) is 0.665. The van der Waals surface area contributed by atoms with E-state index in [1.54, 1.807) is 13.0 Å². The van der Waals surface area contributed by atoms with Crippen molar-refractivity contribution in [1.82, 2.24) is 9.97 Å². The largest absolute Gasteiger partial charge is 0.478 e. The Hall–Kier alpha value is -1.40. The number of aliphatic hydroxyl groups is 2. The molecular formula is C11H19N3O3. The van der Waals surface area contributed by atoms with Gasteiger partial charge in [0.2, 0.25) is 11.8 Å². The molecule has 6 heteroatoms. The molecule has 0 amide bonds. The van der Waals surface area contributed by atoms with Gasteiger partial charge in [-0.1, -0.05) is 0 Å². The maximum absolute atomic E-state index is 9.18. The van der Waals surface area contributed by atoms with Crippen molar-refractivity contribution in [2.45, 2.75) is 26.3 Å². The molecule has 0 unspecified atom stereocenters. The number of aryl methyl sites for hydroxylation is 1. The number of anilines is 1. The zero-order valence-electron chi connectivity index (χ0n) is 10.4. The molecule has 1 aromatic heterocycles. The van der Waals surface area contributed by atoms with Gasteiger partial charge in [0.05, 0.1) is 25.4 Å². The Bertz CT molecular complexity index is 367. The maximum Gasteiger partial charge on any atom is 0.226 e. The van der Waals surface area contributed by atoms with E-state index in [4.69, 9.17) is 4.74 Å². The minimum Gasteiger partial charge on any atom is -0.478 e. The van der Waals surface area contributed by atoms with Crippen molar-refractivity contribution in [3.63, 3.8) is 0 Å². The standard InChI is InChI=1S/C11H19N3O3/c1-4-17-9-5-8(2)12-10(13-9)14-11(3,6-15)7-16/h5,15-16H,4,6-7H2,1-3H3,(H,12,13,14). The van der Waals surface area contributed by atoms with Crippen molar-refractivity contribution >= 4 is 5.95 Å². The Kier molecular flexibility index (Phi) is 4.65. The Balaban J connectivity index is 2.90. The minimum absolute atomic E-state index is 0.217. The van der Waals surface area contributed by atoms with Crippen LogP contribution in [0.4, 0.5) is 5.95 Å². The van der Waals surface area contributed by atoms with Crippen LogP contribution < -0.4 is 10.1 Å². The van der Waals surface area contributed by atoms with Crippen LogP contribution in [0, 0.1) is 6.92 Å². The van der Waals surface area contributed by atoms with E-state index in [0.717, 1.165) is 5.69 Å². The molecule has 96 valence electrons. The second kappa shape index (κ2) is 5.79. The van der Waals surface area contributed by atoms with Crippen LogP contribution in [-0.4, -0.2) is 45.5 Å². The van der Waals surface area contributed by atoms with Gasteiger partial charge in [-0.05, 0) is 20.8 Å². The van der Waals surface area contributed by atoms with Gasteiger partial charge in [0, 0.05) is 11.8 Å². The number of ether oxygens (including phenoxy) is 1. The van der Waals surface area contributed by atoms with E-state index < -0.39 is 5.54 Å². The highest BCUT2D eigenvalue weighted by Crippen LogP contribution is 2.15. The van der Waals surface area contributed by atoms with Crippen LogP contribution in [0.3, 0.4) is 0 Å². The van der Waals surface area contributed by atoms with Crippen LogP contribution in [-0.2, 0) is 0 Å². The summed E-state index contributed by atoms with van der Waals surface area (Å²) in [5.41, 5.74) is -0.0961. The lowest BCUT2D eigenvalue weighted by Crippen LogP contribution is -2.43. The van der Waals surface area contributed by atoms with Gasteiger partial charge < -0.3 is 20.3 Å². The lowest BCUT2D eigenvalue weighted by molar-refractivity contribution is 0.147. The van der Waals surface area contributed by atoms with Crippen molar-refractivity contribution in [3.05, 3.63) is 11.8 Å². The van der Waals surface area contributed by atoms with Gasteiger partial charge in [0.25, 0.3) is 0 Å². The zero-order chi connectivity index (χ0) is 12.9. The van der Waals surface area contributed by atoms with Crippen LogP contribution in [0.1, 0.15) is 19.5 Å². The summed E-state index contributed by atoms with van der Waals surface area (Å²) in [6.07, 6.45) is 0. The zero-order valence-corrected chi connectivity index (χ0v) is 10.4. The number of nitrogens with one attached hydrogen (secondary N) is 1. The van der Waals surface area contributed by atoms with Crippen LogP contribution in [0.15, 0.2) is 6.07 Å². The number of nitrogens with zero attached hydrogens (tertiary/aromatic N) is 2. The number of aromatic nitrogens is 2. The first-order valence-electron chi connectivity index (χ1n) is 5.51. The summed E-state index contributed by atoms with van der Waals surface area (Å²) in [5.74, 6) is 0.805. The summed E-state index contributed by atoms with van der Waals surface area (Å²) < 4.78 is 5.29. The Morgan fingerprint density at radius 1 is 1.35 bits per heavy atom. The van der Waals surface area contributed by atoms with Crippen molar-refractivity contribution in [2.75, 3.05) is 25.1 Å². The molecule has 6 nitrogen and oxygen atoms in total. The Morgan fingerprint density at radius 3 is 2.53 bits per heavy atom. The van der Waals surface area contributed by atoms with Crippen LogP contribution in [0.25, 0.3) is 0 Å². The second-order valence-corrected chi connectivity index (χ2v) is 4.11. The summed E-state index contributed by atoms with van der Waals surface area (Å²) in [6, 6.07) is 1.73. The second-order valence-electron chi connectivity index (χ2n) is 4.11. The Labute approximate surface area is 101 Å². The molecule has 0 aromatic carbocycles. The van der Waals surface area contributed by atoms with Gasteiger partial charge in [-0.2, -0.15) is 4.98 Å². The number of hydrogen-bond donors (Lipinski definition) is 3. The monoisotopic (exact) mass is 241 g/mol. The Morgan fingerprint density at radius 2 is 2.00 bits per heavy atom. The fourth-order valence-corrected chi connectivity index (χ4v) is 1.22. The molecule has 3 N–H and O–H groups in total. The molecule has 17 heavy (non-hydrogen) atoms. The van der Waals surface area contributed by atoms with E-state index >= 15 is 0 Å². The maximum atomic E-state index is 9.18. The van der Waals surface area contributed by atoms with Gasteiger partial charge in [-0.15, -0.1) is 0 Å². The molecule has 0 aliphatic carbocycles. The molecule has 0 aliphatic heterocycles. The molecule has 0 radical (unpaired) electrons. The smallest absolute Gasteiger partial charge is 0.226 e. The highest BCUT2D eigenvalue weighted by molar-refractivity contribution is 5.33. The van der Waals surface area contributed by atoms with E-state index in [0.29, 0.717) is 18.4 Å². The summed E-state index contributed by atoms with van der Waals surface area (Å²) >= 11 is 0. The molecule has 0 saturated heterocycles. The summed E-state index contributed by atoms with van der Waals surface area (Å²) in [7, 11) is 0. The first-order valence-corrected chi connectivity index (χ1v) is 5.51. The van der Waals surface area contributed by atoms with E-state index in [1.165, 1.54) is 0 Å². The predicted molar refractivity (Wildman–Crippen MR) is 64.1 cm³/mol. The molecule has 1 aromatic rings. The molecule has 1 rings (SSSR count). The average molecular weight is 241 g/mol. The van der Waals surface area contributed by atoms with Crippen LogP contribution >= 0.6 is 0 Å². The highest BCUT2D eigenvalue weighted by atomic mass is 16.5. The lowest BCUT2D eigenvalue weighted by Gasteiger charge is -2.26. The first-order chi connectivity index (χ1) is 8.03. The van der Waals surface area contributed by atoms with Gasteiger partial charge in [0.15, 0.2) is 0 Å². The highest BCUT2D eigenvalue weighted by Gasteiger charge is 2.23. The van der Waals surface area contributed by atoms with Gasteiger partial charge in [0.1, 0.15) is 0 Å². The van der Waals surface area contributed by atoms with Crippen molar-refractivity contribution in [2.24, 2.45) is 0 Å². The lowest BCUT2D eigenvalue weighted by atomic mass is 10.1. The predicted octanol–water partition coefficient (Wildman–Crippen LogP) is 0.339. The number of rotatable bonds is 6. The van der Waals surface area contributed by atoms with Gasteiger partial charge in [-0.3, -0.25) is 0 Å². The van der Waals surface area contributed by atoms with Crippen molar-refractivity contribution in [1.29, 1.82) is 0 Å². The third-order valence-corrected chi connectivity index (χ3v) is 2.23. The fraction of sp³-hybridized carbons (Fsp3) is 0.636. The molecule has 0 saturated carbocycles. The molecule has 0 aliphatic rings. The molecule has 1 heterocycles. The van der Waals surface area contributed by atoms with E-state index in [-0.39, 0.29) is 13.2 Å². The van der Waals surface area contributed by atoms with Crippen molar-refractivity contribution < 1.29 is 14.9 Å². The first kappa shape index (κ1) is 13.7. The molecule has 0 atom stereocenters. The molecule has 0 bridgehead atoms.